The van der Waals surface area contributed by atoms with Crippen LogP contribution in [0.3, 0.4) is 0 Å². The van der Waals surface area contributed by atoms with Gasteiger partial charge in [0.15, 0.2) is 0 Å². The van der Waals surface area contributed by atoms with Gasteiger partial charge in [-0.05, 0) is 30.1 Å². The van der Waals surface area contributed by atoms with Gasteiger partial charge in [0.2, 0.25) is 0 Å². The topological polar surface area (TPSA) is 38.0 Å². The van der Waals surface area contributed by atoms with Crippen LogP contribution in [0, 0.1) is 17.3 Å². The normalized spacial score (nSPS) is 18.2. The third-order valence-electron chi connectivity index (χ3n) is 3.82. The predicted molar refractivity (Wildman–Crippen MR) is 73.0 cm³/mol. The summed E-state index contributed by atoms with van der Waals surface area (Å²) in [7, 11) is 0. The average Bonchev–Trinajstić information content (AvgIpc) is 2.15. The van der Waals surface area contributed by atoms with Crippen LogP contribution >= 0.6 is 0 Å². The summed E-state index contributed by atoms with van der Waals surface area (Å²) >= 11 is 0. The van der Waals surface area contributed by atoms with E-state index in [1.54, 1.807) is 0 Å². The highest BCUT2D eigenvalue weighted by Gasteiger charge is 2.23. The van der Waals surface area contributed by atoms with Crippen LogP contribution in [0.1, 0.15) is 67.2 Å². The van der Waals surface area contributed by atoms with Crippen molar-refractivity contribution in [3.8, 4) is 0 Å². The molecule has 0 aromatic carbocycles. The number of hydrazine groups is 1. The van der Waals surface area contributed by atoms with Gasteiger partial charge in [0, 0.05) is 6.04 Å². The monoisotopic (exact) mass is 228 g/mol. The molecular weight excluding hydrogens is 196 g/mol. The summed E-state index contributed by atoms with van der Waals surface area (Å²) in [5.41, 5.74) is 3.37. The van der Waals surface area contributed by atoms with Gasteiger partial charge in [-0.25, -0.2) is 0 Å². The Balaban J connectivity index is 4.10. The molecule has 0 heterocycles. The predicted octanol–water partition coefficient (Wildman–Crippen LogP) is 3.72. The Morgan fingerprint density at radius 3 is 2.06 bits per heavy atom. The van der Waals surface area contributed by atoms with Crippen molar-refractivity contribution in [2.45, 2.75) is 73.3 Å². The number of nitrogens with two attached hydrogens (primary N) is 1. The average molecular weight is 228 g/mol. The van der Waals surface area contributed by atoms with Gasteiger partial charge in [-0.2, -0.15) is 0 Å². The highest BCUT2D eigenvalue weighted by atomic mass is 15.2. The molecule has 3 unspecified atom stereocenters. The van der Waals surface area contributed by atoms with Gasteiger partial charge < -0.3 is 0 Å². The SMILES string of the molecule is CCCC(C)CC(CC(C)C(C)(C)C)NN. The van der Waals surface area contributed by atoms with Gasteiger partial charge in [-0.3, -0.25) is 11.3 Å². The molecule has 0 amide bonds. The Hall–Kier alpha value is -0.0800. The second-order valence-electron chi connectivity index (χ2n) is 6.50. The van der Waals surface area contributed by atoms with Gasteiger partial charge in [0.1, 0.15) is 0 Å². The number of hydrogen-bond donors (Lipinski definition) is 2. The first-order chi connectivity index (χ1) is 7.31. The van der Waals surface area contributed by atoms with E-state index in [1.165, 1.54) is 25.7 Å². The second-order valence-corrected chi connectivity index (χ2v) is 6.50. The van der Waals surface area contributed by atoms with Crippen molar-refractivity contribution in [3.63, 3.8) is 0 Å². The first-order valence-corrected chi connectivity index (χ1v) is 6.77. The molecule has 0 aliphatic rings. The fourth-order valence-electron chi connectivity index (χ4n) is 2.11. The number of rotatable bonds is 7. The zero-order valence-electron chi connectivity index (χ0n) is 12.1. The third kappa shape index (κ3) is 6.49. The molecule has 2 heteroatoms. The van der Waals surface area contributed by atoms with Gasteiger partial charge in [-0.15, -0.1) is 0 Å². The minimum absolute atomic E-state index is 0.378. The number of nitrogens with one attached hydrogen (secondary N) is 1. The molecular formula is C14H32N2. The Morgan fingerprint density at radius 2 is 1.69 bits per heavy atom. The molecule has 3 atom stereocenters. The lowest BCUT2D eigenvalue weighted by atomic mass is 9.77. The Morgan fingerprint density at radius 1 is 1.12 bits per heavy atom. The van der Waals surface area contributed by atoms with Crippen LogP contribution < -0.4 is 11.3 Å². The summed E-state index contributed by atoms with van der Waals surface area (Å²) in [6, 6.07) is 0.468. The third-order valence-corrected chi connectivity index (χ3v) is 3.82. The molecule has 16 heavy (non-hydrogen) atoms. The molecule has 0 saturated carbocycles. The van der Waals surface area contributed by atoms with Gasteiger partial charge in [0.25, 0.3) is 0 Å². The van der Waals surface area contributed by atoms with E-state index in [4.69, 9.17) is 5.84 Å². The van der Waals surface area contributed by atoms with Crippen molar-refractivity contribution in [3.05, 3.63) is 0 Å². The zero-order valence-corrected chi connectivity index (χ0v) is 12.1. The van der Waals surface area contributed by atoms with Crippen LogP contribution in [0.25, 0.3) is 0 Å². The molecule has 0 aliphatic carbocycles. The van der Waals surface area contributed by atoms with Crippen molar-refractivity contribution in [2.75, 3.05) is 0 Å². The van der Waals surface area contributed by atoms with E-state index < -0.39 is 0 Å². The zero-order chi connectivity index (χ0) is 12.8. The Labute approximate surface area is 102 Å². The maximum atomic E-state index is 5.66. The van der Waals surface area contributed by atoms with Crippen molar-refractivity contribution < 1.29 is 0 Å². The summed E-state index contributed by atoms with van der Waals surface area (Å²) in [6.45, 7) is 13.8. The second kappa shape index (κ2) is 7.29. The summed E-state index contributed by atoms with van der Waals surface area (Å²) < 4.78 is 0. The standard InChI is InChI=1S/C14H32N2/c1-7-8-11(2)9-13(16-15)10-12(3)14(4,5)6/h11-13,16H,7-10,15H2,1-6H3. The molecule has 0 aromatic rings. The minimum atomic E-state index is 0.378. The van der Waals surface area contributed by atoms with Crippen LogP contribution in [0.5, 0.6) is 0 Å². The minimum Gasteiger partial charge on any atom is -0.271 e. The van der Waals surface area contributed by atoms with Crippen LogP contribution in [-0.4, -0.2) is 6.04 Å². The van der Waals surface area contributed by atoms with E-state index in [9.17, 15) is 0 Å². The summed E-state index contributed by atoms with van der Waals surface area (Å²) in [6.07, 6.45) is 4.95. The lowest BCUT2D eigenvalue weighted by molar-refractivity contribution is 0.210. The Kier molecular flexibility index (Phi) is 7.25. The highest BCUT2D eigenvalue weighted by Crippen LogP contribution is 2.30. The molecule has 0 radical (unpaired) electrons. The van der Waals surface area contributed by atoms with E-state index in [-0.39, 0.29) is 0 Å². The molecule has 0 fully saturated rings. The first-order valence-electron chi connectivity index (χ1n) is 6.77. The fourth-order valence-corrected chi connectivity index (χ4v) is 2.11. The molecule has 0 spiro atoms. The summed E-state index contributed by atoms with van der Waals surface area (Å²) in [5.74, 6) is 7.13. The van der Waals surface area contributed by atoms with E-state index >= 15 is 0 Å². The molecule has 0 saturated heterocycles. The van der Waals surface area contributed by atoms with Crippen LogP contribution in [0.4, 0.5) is 0 Å². The molecule has 0 aliphatic heterocycles. The lowest BCUT2D eigenvalue weighted by Crippen LogP contribution is -2.39. The fraction of sp³-hybridized carbons (Fsp3) is 1.00. The quantitative estimate of drug-likeness (QED) is 0.515. The summed E-state index contributed by atoms with van der Waals surface area (Å²) in [5, 5.41) is 0. The van der Waals surface area contributed by atoms with E-state index in [1.807, 2.05) is 0 Å². The molecule has 3 N–H and O–H groups in total. The van der Waals surface area contributed by atoms with E-state index in [2.05, 4.69) is 47.0 Å². The van der Waals surface area contributed by atoms with Gasteiger partial charge >= 0.3 is 0 Å². The summed E-state index contributed by atoms with van der Waals surface area (Å²) in [4.78, 5) is 0. The van der Waals surface area contributed by atoms with Crippen molar-refractivity contribution in [1.29, 1.82) is 0 Å². The maximum absolute atomic E-state index is 5.66. The maximum Gasteiger partial charge on any atom is 0.0215 e. The van der Waals surface area contributed by atoms with Crippen LogP contribution in [-0.2, 0) is 0 Å². The van der Waals surface area contributed by atoms with Crippen LogP contribution in [0.2, 0.25) is 0 Å². The number of hydrogen-bond acceptors (Lipinski definition) is 2. The highest BCUT2D eigenvalue weighted by molar-refractivity contribution is 4.77. The smallest absolute Gasteiger partial charge is 0.0215 e. The van der Waals surface area contributed by atoms with Crippen molar-refractivity contribution in [2.24, 2.45) is 23.1 Å². The molecule has 98 valence electrons. The molecule has 0 aromatic heterocycles. The molecule has 0 bridgehead atoms. The molecule has 2 nitrogen and oxygen atoms in total. The molecule has 0 rings (SSSR count). The van der Waals surface area contributed by atoms with Crippen molar-refractivity contribution >= 4 is 0 Å². The first kappa shape index (κ1) is 15.9. The van der Waals surface area contributed by atoms with Crippen LogP contribution in [0.15, 0.2) is 0 Å². The van der Waals surface area contributed by atoms with E-state index in [0.717, 1.165) is 5.92 Å². The lowest BCUT2D eigenvalue weighted by Gasteiger charge is -2.31. The van der Waals surface area contributed by atoms with Crippen molar-refractivity contribution in [1.82, 2.24) is 5.43 Å². The van der Waals surface area contributed by atoms with E-state index in [0.29, 0.717) is 17.4 Å². The van der Waals surface area contributed by atoms with Gasteiger partial charge in [-0.1, -0.05) is 54.4 Å². The Bertz CT molecular complexity index is 172. The van der Waals surface area contributed by atoms with Gasteiger partial charge in [0.05, 0.1) is 0 Å². The largest absolute Gasteiger partial charge is 0.271 e.